The molecule has 0 saturated heterocycles. The van der Waals surface area contributed by atoms with Crippen molar-refractivity contribution in [1.82, 2.24) is 24.1 Å². The predicted octanol–water partition coefficient (Wildman–Crippen LogP) is 16.4. The van der Waals surface area contributed by atoms with Gasteiger partial charge < -0.3 is 13.6 Å². The summed E-state index contributed by atoms with van der Waals surface area (Å²) in [6.07, 6.45) is 0. The third-order valence-corrected chi connectivity index (χ3v) is 14.1. The summed E-state index contributed by atoms with van der Waals surface area (Å²) in [4.78, 5) is 16.2. The van der Waals surface area contributed by atoms with Crippen LogP contribution in [0.3, 0.4) is 0 Å². The third kappa shape index (κ3) is 5.69. The highest BCUT2D eigenvalue weighted by molar-refractivity contribution is 6.25. The quantitative estimate of drug-likeness (QED) is 0.173. The zero-order valence-corrected chi connectivity index (χ0v) is 37.0. The number of aromatic nitrogens is 5. The summed E-state index contributed by atoms with van der Waals surface area (Å²) in [7, 11) is 0. The van der Waals surface area contributed by atoms with E-state index in [1.165, 1.54) is 32.3 Å². The third-order valence-electron chi connectivity index (χ3n) is 14.1. The summed E-state index contributed by atoms with van der Waals surface area (Å²) in [5.74, 6) is 1.73. The molecule has 0 atom stereocenters. The monoisotopic (exact) mass is 879 g/mol. The molecular formula is C63H37N5O. The average molecular weight is 880 g/mol. The van der Waals surface area contributed by atoms with Gasteiger partial charge in [0.25, 0.3) is 0 Å². The van der Waals surface area contributed by atoms with E-state index in [0.717, 1.165) is 93.6 Å². The maximum atomic E-state index is 7.02. The van der Waals surface area contributed by atoms with Gasteiger partial charge in [-0.3, -0.25) is 0 Å². The number of rotatable bonds is 5. The predicted molar refractivity (Wildman–Crippen MR) is 285 cm³/mol. The lowest BCUT2D eigenvalue weighted by atomic mass is 10.0. The Morgan fingerprint density at radius 3 is 1.68 bits per heavy atom. The minimum Gasteiger partial charge on any atom is -0.456 e. The van der Waals surface area contributed by atoms with E-state index < -0.39 is 0 Å². The summed E-state index contributed by atoms with van der Waals surface area (Å²) in [6.45, 7) is 0. The van der Waals surface area contributed by atoms with Crippen LogP contribution in [0.25, 0.3) is 143 Å². The summed E-state index contributed by atoms with van der Waals surface area (Å²) < 4.78 is 11.8. The van der Waals surface area contributed by atoms with Gasteiger partial charge in [-0.15, -0.1) is 0 Å². The highest BCUT2D eigenvalue weighted by atomic mass is 16.3. The van der Waals surface area contributed by atoms with E-state index in [1.54, 1.807) is 0 Å². The van der Waals surface area contributed by atoms with Gasteiger partial charge in [-0.1, -0.05) is 158 Å². The summed E-state index contributed by atoms with van der Waals surface area (Å²) >= 11 is 0. The number of nitrogens with zero attached hydrogens (tertiary/aromatic N) is 5. The number of furan rings is 1. The fourth-order valence-electron chi connectivity index (χ4n) is 11.0. The molecule has 11 aromatic carbocycles. The summed E-state index contributed by atoms with van der Waals surface area (Å²) in [5, 5.41) is 13.7. The standard InChI is InChI=1S/C63H37N5O/c1-3-17-39(18-4-1)61-64-62(66-63(65-61)48-27-15-29-52-59(48)47-26-13-14-28-51(47)67(52)45-23-5-2-6-24-45)44-35-55(60-50-33-41-20-8-10-22-43(41)36-56(50)69-57(60)37-44)68-53-31-30-38-16-11-12-25-46(38)58(53)49-32-40-19-7-9-21-42(40)34-54(49)68/h1-37H. The first-order valence-electron chi connectivity index (χ1n) is 23.3. The van der Waals surface area contributed by atoms with Crippen LogP contribution in [0.15, 0.2) is 229 Å². The molecule has 320 valence electrons. The van der Waals surface area contributed by atoms with Gasteiger partial charge in [-0.05, 0) is 99.0 Å². The molecular weight excluding hydrogens is 843 g/mol. The van der Waals surface area contributed by atoms with E-state index in [-0.39, 0.29) is 0 Å². The molecule has 4 aromatic heterocycles. The van der Waals surface area contributed by atoms with Gasteiger partial charge in [0.2, 0.25) is 0 Å². The summed E-state index contributed by atoms with van der Waals surface area (Å²) in [5.41, 5.74) is 10.7. The molecule has 0 aliphatic carbocycles. The first-order chi connectivity index (χ1) is 34.2. The average Bonchev–Trinajstić information content (AvgIpc) is 4.06. The van der Waals surface area contributed by atoms with Crippen molar-refractivity contribution in [2.24, 2.45) is 0 Å². The molecule has 0 fully saturated rings. The Morgan fingerprint density at radius 2 is 0.899 bits per heavy atom. The topological polar surface area (TPSA) is 61.7 Å². The molecule has 0 spiro atoms. The molecule has 0 aliphatic heterocycles. The van der Waals surface area contributed by atoms with Gasteiger partial charge in [0.05, 0.1) is 33.1 Å². The van der Waals surface area contributed by atoms with Crippen molar-refractivity contribution in [2.75, 3.05) is 0 Å². The fraction of sp³-hybridized carbons (Fsp3) is 0. The Balaban J connectivity index is 1.06. The minimum absolute atomic E-state index is 0.549. The van der Waals surface area contributed by atoms with E-state index in [0.29, 0.717) is 17.5 Å². The van der Waals surface area contributed by atoms with E-state index in [1.807, 2.05) is 18.2 Å². The maximum absolute atomic E-state index is 7.02. The van der Waals surface area contributed by atoms with Crippen molar-refractivity contribution in [3.63, 3.8) is 0 Å². The van der Waals surface area contributed by atoms with Crippen LogP contribution in [0, 0.1) is 0 Å². The van der Waals surface area contributed by atoms with Crippen molar-refractivity contribution in [2.45, 2.75) is 0 Å². The molecule has 0 radical (unpaired) electrons. The fourth-order valence-corrected chi connectivity index (χ4v) is 11.0. The largest absolute Gasteiger partial charge is 0.456 e. The molecule has 0 N–H and O–H groups in total. The van der Waals surface area contributed by atoms with Crippen molar-refractivity contribution in [1.29, 1.82) is 0 Å². The molecule has 15 rings (SSSR count). The molecule has 15 aromatic rings. The van der Waals surface area contributed by atoms with Crippen LogP contribution in [-0.2, 0) is 0 Å². The Bertz CT molecular complexity index is 4600. The Kier molecular flexibility index (Phi) is 7.97. The molecule has 0 saturated carbocycles. The number of fused-ring (bicyclic) bond motifs is 13. The van der Waals surface area contributed by atoms with Gasteiger partial charge in [-0.25, -0.2) is 15.0 Å². The molecule has 0 unspecified atom stereocenters. The second-order valence-electron chi connectivity index (χ2n) is 18.0. The zero-order chi connectivity index (χ0) is 45.2. The number of benzene rings is 11. The van der Waals surface area contributed by atoms with Crippen LogP contribution in [0.1, 0.15) is 0 Å². The van der Waals surface area contributed by atoms with Crippen molar-refractivity contribution < 1.29 is 4.42 Å². The van der Waals surface area contributed by atoms with Gasteiger partial charge in [0, 0.05) is 49.3 Å². The van der Waals surface area contributed by atoms with Crippen LogP contribution in [0.2, 0.25) is 0 Å². The van der Waals surface area contributed by atoms with Gasteiger partial charge in [-0.2, -0.15) is 0 Å². The van der Waals surface area contributed by atoms with Crippen molar-refractivity contribution in [3.05, 3.63) is 224 Å². The molecule has 0 bridgehead atoms. The number of hydrogen-bond acceptors (Lipinski definition) is 4. The number of hydrogen-bond donors (Lipinski definition) is 0. The highest BCUT2D eigenvalue weighted by Crippen LogP contribution is 2.45. The molecule has 6 heteroatoms. The molecule has 69 heavy (non-hydrogen) atoms. The smallest absolute Gasteiger partial charge is 0.164 e. The van der Waals surface area contributed by atoms with E-state index >= 15 is 0 Å². The van der Waals surface area contributed by atoms with Crippen LogP contribution in [-0.4, -0.2) is 24.1 Å². The van der Waals surface area contributed by atoms with Crippen molar-refractivity contribution >= 4 is 97.9 Å². The van der Waals surface area contributed by atoms with E-state index in [2.05, 4.69) is 215 Å². The van der Waals surface area contributed by atoms with Crippen LogP contribution in [0.4, 0.5) is 0 Å². The Labute approximate surface area is 394 Å². The SMILES string of the molecule is c1ccc(-c2nc(-c3cc(-n4c5cc6ccccc6cc5c5c6ccccc6ccc54)c4c(c3)oc3cc5ccccc5cc34)nc(-c3cccc4c3c3ccccc3n4-c3ccccc3)n2)cc1. The first-order valence-corrected chi connectivity index (χ1v) is 23.3. The lowest BCUT2D eigenvalue weighted by molar-refractivity contribution is 0.669. The lowest BCUT2D eigenvalue weighted by Gasteiger charge is -2.14. The minimum atomic E-state index is 0.549. The second kappa shape index (κ2) is 14.6. The maximum Gasteiger partial charge on any atom is 0.164 e. The normalized spacial score (nSPS) is 12.1. The van der Waals surface area contributed by atoms with Crippen LogP contribution >= 0.6 is 0 Å². The van der Waals surface area contributed by atoms with E-state index in [9.17, 15) is 0 Å². The van der Waals surface area contributed by atoms with Crippen LogP contribution < -0.4 is 0 Å². The molecule has 4 heterocycles. The van der Waals surface area contributed by atoms with Gasteiger partial charge in [0.15, 0.2) is 17.5 Å². The van der Waals surface area contributed by atoms with Crippen LogP contribution in [0.5, 0.6) is 0 Å². The number of para-hydroxylation sites is 2. The lowest BCUT2D eigenvalue weighted by Crippen LogP contribution is -2.02. The van der Waals surface area contributed by atoms with Gasteiger partial charge in [0.1, 0.15) is 11.2 Å². The van der Waals surface area contributed by atoms with Gasteiger partial charge >= 0.3 is 0 Å². The summed E-state index contributed by atoms with van der Waals surface area (Å²) in [6, 6.07) is 79.7. The molecule has 6 nitrogen and oxygen atoms in total. The Morgan fingerprint density at radius 1 is 0.304 bits per heavy atom. The highest BCUT2D eigenvalue weighted by Gasteiger charge is 2.24. The Hall–Kier alpha value is -9.39. The second-order valence-corrected chi connectivity index (χ2v) is 18.0. The first kappa shape index (κ1) is 37.8. The van der Waals surface area contributed by atoms with Crippen molar-refractivity contribution in [3.8, 4) is 45.5 Å². The van der Waals surface area contributed by atoms with E-state index in [4.69, 9.17) is 19.4 Å². The zero-order valence-electron chi connectivity index (χ0n) is 37.0. The molecule has 0 aliphatic rings. The molecule has 0 amide bonds.